The van der Waals surface area contributed by atoms with Gasteiger partial charge in [-0.05, 0) is 15.9 Å². The minimum atomic E-state index is 0.792. The quantitative estimate of drug-likeness (QED) is 0.778. The van der Waals surface area contributed by atoms with Crippen molar-refractivity contribution in [2.45, 2.75) is 0 Å². The molecule has 1 rings (SSSR count). The molecule has 0 aliphatic carbocycles. The average molecular weight is 199 g/mol. The molecule has 0 saturated carbocycles. The Labute approximate surface area is 67.8 Å². The number of rotatable bonds is 2. The van der Waals surface area contributed by atoms with Gasteiger partial charge in [-0.1, -0.05) is 19.2 Å². The minimum Gasteiger partial charge on any atom is -0.277 e. The van der Waals surface area contributed by atoms with Gasteiger partial charge in [-0.25, -0.2) is 0 Å². The third-order valence-electron chi connectivity index (χ3n) is 1.16. The number of aromatic nitrogens is 2. The third kappa shape index (κ3) is 1.19. The van der Waals surface area contributed by atoms with Crippen molar-refractivity contribution in [3.8, 4) is 0 Å². The van der Waals surface area contributed by atoms with Crippen LogP contribution in [-0.2, 0) is 0 Å². The lowest BCUT2D eigenvalue weighted by Gasteiger charge is -1.91. The van der Waals surface area contributed by atoms with Crippen LogP contribution in [0.5, 0.6) is 0 Å². The molecular weight excluding hydrogens is 192 g/mol. The fourth-order valence-corrected chi connectivity index (χ4v) is 0.985. The molecule has 0 amide bonds. The van der Waals surface area contributed by atoms with Crippen LogP contribution in [0.4, 0.5) is 0 Å². The standard InChI is InChI=1S/C7H7BrN2/c1-3-6-4-9-10-7(6)5(2)8/h3-4H,1-2H2,(H,9,10). The topological polar surface area (TPSA) is 28.7 Å². The number of aromatic amines is 1. The first-order chi connectivity index (χ1) is 4.75. The average Bonchev–Trinajstić information content (AvgIpc) is 2.33. The summed E-state index contributed by atoms with van der Waals surface area (Å²) < 4.78 is 0.792. The molecule has 3 heteroatoms. The zero-order valence-electron chi connectivity index (χ0n) is 5.39. The van der Waals surface area contributed by atoms with Crippen molar-refractivity contribution in [2.75, 3.05) is 0 Å². The van der Waals surface area contributed by atoms with Crippen LogP contribution in [0.15, 0.2) is 19.4 Å². The summed E-state index contributed by atoms with van der Waals surface area (Å²) in [7, 11) is 0. The van der Waals surface area contributed by atoms with Crippen LogP contribution < -0.4 is 0 Å². The lowest BCUT2D eigenvalue weighted by molar-refractivity contribution is 1.08. The van der Waals surface area contributed by atoms with Crippen molar-refractivity contribution in [3.63, 3.8) is 0 Å². The summed E-state index contributed by atoms with van der Waals surface area (Å²) in [5.74, 6) is 0. The highest BCUT2D eigenvalue weighted by molar-refractivity contribution is 9.15. The molecular formula is C7H7BrN2. The summed E-state index contributed by atoms with van der Waals surface area (Å²) in [4.78, 5) is 0. The van der Waals surface area contributed by atoms with Crippen LogP contribution in [-0.4, -0.2) is 10.2 Å². The first-order valence-corrected chi connectivity index (χ1v) is 3.55. The van der Waals surface area contributed by atoms with E-state index in [0.717, 1.165) is 15.7 Å². The highest BCUT2D eigenvalue weighted by atomic mass is 79.9. The van der Waals surface area contributed by atoms with Crippen LogP contribution in [0.1, 0.15) is 11.3 Å². The lowest BCUT2D eigenvalue weighted by Crippen LogP contribution is -1.77. The zero-order valence-corrected chi connectivity index (χ0v) is 6.98. The van der Waals surface area contributed by atoms with Crippen molar-refractivity contribution in [1.82, 2.24) is 10.2 Å². The van der Waals surface area contributed by atoms with E-state index in [9.17, 15) is 0 Å². The number of H-pyrrole nitrogens is 1. The van der Waals surface area contributed by atoms with E-state index in [1.807, 2.05) is 0 Å². The normalized spacial score (nSPS) is 9.30. The molecule has 0 saturated heterocycles. The Kier molecular flexibility index (Phi) is 2.06. The second-order valence-electron chi connectivity index (χ2n) is 1.81. The van der Waals surface area contributed by atoms with Crippen molar-refractivity contribution in [3.05, 3.63) is 30.6 Å². The van der Waals surface area contributed by atoms with Gasteiger partial charge >= 0.3 is 0 Å². The number of hydrogen-bond acceptors (Lipinski definition) is 1. The highest BCUT2D eigenvalue weighted by Gasteiger charge is 2.01. The van der Waals surface area contributed by atoms with Crippen LogP contribution in [0.3, 0.4) is 0 Å². The van der Waals surface area contributed by atoms with Crippen molar-refractivity contribution in [1.29, 1.82) is 0 Å². The second-order valence-corrected chi connectivity index (χ2v) is 2.77. The minimum absolute atomic E-state index is 0.792. The first-order valence-electron chi connectivity index (χ1n) is 2.76. The summed E-state index contributed by atoms with van der Waals surface area (Å²) >= 11 is 3.24. The summed E-state index contributed by atoms with van der Waals surface area (Å²) in [6.07, 6.45) is 3.43. The molecule has 52 valence electrons. The van der Waals surface area contributed by atoms with Crippen LogP contribution >= 0.6 is 15.9 Å². The fraction of sp³-hybridized carbons (Fsp3) is 0. The monoisotopic (exact) mass is 198 g/mol. The summed E-state index contributed by atoms with van der Waals surface area (Å²) in [5, 5.41) is 6.62. The third-order valence-corrected chi connectivity index (χ3v) is 1.56. The maximum absolute atomic E-state index is 3.83. The smallest absolute Gasteiger partial charge is 0.0786 e. The Bertz CT molecular complexity index is 262. The van der Waals surface area contributed by atoms with Gasteiger partial charge in [0.05, 0.1) is 11.9 Å². The van der Waals surface area contributed by atoms with Crippen molar-refractivity contribution < 1.29 is 0 Å². The molecule has 2 nitrogen and oxygen atoms in total. The van der Waals surface area contributed by atoms with Gasteiger partial charge in [0, 0.05) is 10.0 Å². The van der Waals surface area contributed by atoms with Crippen LogP contribution in [0.2, 0.25) is 0 Å². The van der Waals surface area contributed by atoms with E-state index in [0.29, 0.717) is 0 Å². The molecule has 1 aromatic heterocycles. The van der Waals surface area contributed by atoms with Gasteiger partial charge in [0.15, 0.2) is 0 Å². The highest BCUT2D eigenvalue weighted by Crippen LogP contribution is 2.20. The predicted octanol–water partition coefficient (Wildman–Crippen LogP) is 2.42. The SMILES string of the molecule is C=Cc1cn[nH]c1C(=C)Br. The number of nitrogens with one attached hydrogen (secondary N) is 1. The molecule has 0 aliphatic heterocycles. The molecule has 0 fully saturated rings. The van der Waals surface area contributed by atoms with E-state index >= 15 is 0 Å². The van der Waals surface area contributed by atoms with Gasteiger partial charge in [0.2, 0.25) is 0 Å². The molecule has 0 atom stereocenters. The van der Waals surface area contributed by atoms with Crippen molar-refractivity contribution >= 4 is 26.5 Å². The van der Waals surface area contributed by atoms with E-state index < -0.39 is 0 Å². The molecule has 1 N–H and O–H groups in total. The van der Waals surface area contributed by atoms with Crippen LogP contribution in [0, 0.1) is 0 Å². The van der Waals surface area contributed by atoms with Gasteiger partial charge in [-0.3, -0.25) is 5.10 Å². The number of nitrogens with zero attached hydrogens (tertiary/aromatic N) is 1. The number of hydrogen-bond donors (Lipinski definition) is 1. The lowest BCUT2D eigenvalue weighted by atomic mass is 10.2. The number of halogens is 1. The largest absolute Gasteiger partial charge is 0.277 e. The van der Waals surface area contributed by atoms with E-state index in [-0.39, 0.29) is 0 Å². The van der Waals surface area contributed by atoms with Gasteiger partial charge < -0.3 is 0 Å². The first kappa shape index (κ1) is 7.28. The van der Waals surface area contributed by atoms with Gasteiger partial charge in [0.1, 0.15) is 0 Å². The molecule has 1 aromatic rings. The Morgan fingerprint density at radius 2 is 2.50 bits per heavy atom. The molecule has 0 spiro atoms. The molecule has 0 aliphatic rings. The van der Waals surface area contributed by atoms with E-state index in [2.05, 4.69) is 39.3 Å². The molecule has 0 unspecified atom stereocenters. The predicted molar refractivity (Wildman–Crippen MR) is 46.6 cm³/mol. The van der Waals surface area contributed by atoms with Crippen LogP contribution in [0.25, 0.3) is 10.6 Å². The van der Waals surface area contributed by atoms with E-state index in [4.69, 9.17) is 0 Å². The van der Waals surface area contributed by atoms with Gasteiger partial charge in [-0.2, -0.15) is 5.10 Å². The summed E-state index contributed by atoms with van der Waals surface area (Å²) in [6, 6.07) is 0. The molecule has 0 aromatic carbocycles. The Balaban J connectivity index is 3.13. The maximum atomic E-state index is 3.83. The Morgan fingerprint density at radius 1 is 1.80 bits per heavy atom. The maximum Gasteiger partial charge on any atom is 0.0786 e. The molecule has 0 bridgehead atoms. The summed E-state index contributed by atoms with van der Waals surface area (Å²) in [5.41, 5.74) is 1.84. The van der Waals surface area contributed by atoms with E-state index in [1.54, 1.807) is 12.3 Å². The Hall–Kier alpha value is -0.830. The second kappa shape index (κ2) is 2.84. The Morgan fingerprint density at radius 3 is 2.90 bits per heavy atom. The summed E-state index contributed by atoms with van der Waals surface area (Å²) in [6.45, 7) is 7.33. The van der Waals surface area contributed by atoms with Gasteiger partial charge in [-0.15, -0.1) is 0 Å². The fourth-order valence-electron chi connectivity index (χ4n) is 0.668. The molecule has 1 heterocycles. The van der Waals surface area contributed by atoms with Crippen molar-refractivity contribution in [2.24, 2.45) is 0 Å². The molecule has 0 radical (unpaired) electrons. The zero-order chi connectivity index (χ0) is 7.56. The van der Waals surface area contributed by atoms with Gasteiger partial charge in [0.25, 0.3) is 0 Å². The van der Waals surface area contributed by atoms with E-state index in [1.165, 1.54) is 0 Å². The molecule has 10 heavy (non-hydrogen) atoms.